The standard InChI is InChI=1S/C53H86O24/c1-23-34(62)42(76-46-43(39(67)37(65)29(19-56)74-46)77-44-40(68)38(66)36(64)28(18-55)73-44)41(69)45(72-23)75-33-10-11-49(3)30(50(33,4)21-57)9-12-51(5)31(49)8-7-24-25-15-48(2,47(70)71-20-27(60)35(63)26(59)17-54)13-14-53(25,22-58)32(61)16-52(24,51)6/h7-8,23,26-46,54-69H,9-22H2,1-6H3/t23-,26-,27+,28-,29-,30-,31-,32-,33+,34+,35+,36-,37-,38+,39+,40-,41-,42+,43-,44-,45+,46+,48+,49+,50+,51-,52-,53-/m1/s1. The largest absolute Gasteiger partial charge is 0.462 e. The van der Waals surface area contributed by atoms with E-state index in [9.17, 15) is 86.5 Å². The molecule has 0 unspecified atom stereocenters. The lowest BCUT2D eigenvalue weighted by molar-refractivity contribution is -0.391. The second-order valence-corrected chi connectivity index (χ2v) is 24.9. The molecule has 8 aliphatic rings. The van der Waals surface area contributed by atoms with E-state index in [1.165, 1.54) is 6.92 Å². The van der Waals surface area contributed by atoms with Crippen molar-refractivity contribution in [2.75, 3.05) is 39.6 Å². The maximum atomic E-state index is 13.9. The van der Waals surface area contributed by atoms with Crippen LogP contribution in [0.4, 0.5) is 0 Å². The Morgan fingerprint density at radius 3 is 1.92 bits per heavy atom. The van der Waals surface area contributed by atoms with Crippen molar-refractivity contribution in [3.8, 4) is 0 Å². The molecule has 442 valence electrons. The molecule has 24 heteroatoms. The van der Waals surface area contributed by atoms with E-state index in [0.717, 1.165) is 11.1 Å². The van der Waals surface area contributed by atoms with Crippen molar-refractivity contribution in [1.82, 2.24) is 0 Å². The number of allylic oxidation sites excluding steroid dienone is 3. The Labute approximate surface area is 447 Å². The van der Waals surface area contributed by atoms with Crippen LogP contribution >= 0.6 is 0 Å². The highest BCUT2D eigenvalue weighted by Gasteiger charge is 2.69. The van der Waals surface area contributed by atoms with E-state index in [1.807, 2.05) is 6.92 Å². The maximum absolute atomic E-state index is 13.9. The molecule has 3 heterocycles. The first-order chi connectivity index (χ1) is 36.1. The van der Waals surface area contributed by atoms with Crippen LogP contribution in [0, 0.1) is 44.3 Å². The van der Waals surface area contributed by atoms with Crippen LogP contribution in [0.5, 0.6) is 0 Å². The molecule has 16 N–H and O–H groups in total. The monoisotopic (exact) mass is 1110 g/mol. The topological polar surface area (TPSA) is 405 Å². The van der Waals surface area contributed by atoms with Crippen LogP contribution in [-0.4, -0.2) is 250 Å². The molecule has 8 rings (SSSR count). The molecular weight excluding hydrogens is 1020 g/mol. The molecule has 3 aliphatic heterocycles. The number of aliphatic hydroxyl groups excluding tert-OH is 16. The van der Waals surface area contributed by atoms with E-state index < -0.39 is 188 Å². The minimum atomic E-state index is -1.94. The van der Waals surface area contributed by atoms with Crippen LogP contribution < -0.4 is 0 Å². The summed E-state index contributed by atoms with van der Waals surface area (Å²) in [6.45, 7) is 7.97. The molecule has 77 heavy (non-hydrogen) atoms. The van der Waals surface area contributed by atoms with Gasteiger partial charge < -0.3 is 115 Å². The van der Waals surface area contributed by atoms with Crippen LogP contribution in [0.25, 0.3) is 0 Å². The summed E-state index contributed by atoms with van der Waals surface area (Å²) < 4.78 is 41.6. The van der Waals surface area contributed by atoms with Crippen molar-refractivity contribution in [2.24, 2.45) is 44.3 Å². The minimum Gasteiger partial charge on any atom is -0.462 e. The van der Waals surface area contributed by atoms with Crippen LogP contribution in [0.2, 0.25) is 0 Å². The van der Waals surface area contributed by atoms with Gasteiger partial charge >= 0.3 is 5.97 Å². The highest BCUT2D eigenvalue weighted by molar-refractivity contribution is 5.77. The third kappa shape index (κ3) is 10.0. The zero-order valence-electron chi connectivity index (χ0n) is 44.7. The quantitative estimate of drug-likeness (QED) is 0.0519. The summed E-state index contributed by atoms with van der Waals surface area (Å²) in [6.07, 6.45) is -24.6. The number of fused-ring (bicyclic) bond motifs is 6. The summed E-state index contributed by atoms with van der Waals surface area (Å²) in [6, 6.07) is 0. The van der Waals surface area contributed by atoms with Crippen LogP contribution in [0.15, 0.2) is 23.3 Å². The third-order valence-electron chi connectivity index (χ3n) is 20.6. The van der Waals surface area contributed by atoms with E-state index in [0.29, 0.717) is 32.1 Å². The normalized spacial score (nSPS) is 51.1. The first-order valence-electron chi connectivity index (χ1n) is 27.2. The van der Waals surface area contributed by atoms with Gasteiger partial charge in [0.1, 0.15) is 92.1 Å². The fourth-order valence-electron chi connectivity index (χ4n) is 15.3. The number of ether oxygens (including phenoxy) is 7. The second kappa shape index (κ2) is 22.7. The molecule has 0 bridgehead atoms. The van der Waals surface area contributed by atoms with E-state index in [4.69, 9.17) is 33.2 Å². The van der Waals surface area contributed by atoms with Crippen molar-refractivity contribution in [3.05, 3.63) is 23.3 Å². The molecule has 24 nitrogen and oxygen atoms in total. The Morgan fingerprint density at radius 1 is 0.675 bits per heavy atom. The van der Waals surface area contributed by atoms with Gasteiger partial charge in [-0.2, -0.15) is 0 Å². The Balaban J connectivity index is 1.03. The Kier molecular flexibility index (Phi) is 18.0. The maximum Gasteiger partial charge on any atom is 0.312 e. The summed E-state index contributed by atoms with van der Waals surface area (Å²) in [5.74, 6) is -0.980. The Hall–Kier alpha value is -1.93. The molecule has 0 radical (unpaired) electrons. The smallest absolute Gasteiger partial charge is 0.312 e. The molecule has 3 saturated heterocycles. The fourth-order valence-corrected chi connectivity index (χ4v) is 15.3. The molecule has 0 aromatic rings. The Morgan fingerprint density at radius 2 is 1.30 bits per heavy atom. The van der Waals surface area contributed by atoms with Gasteiger partial charge in [-0.3, -0.25) is 4.79 Å². The highest BCUT2D eigenvalue weighted by atomic mass is 16.8. The minimum absolute atomic E-state index is 0.124. The van der Waals surface area contributed by atoms with Crippen LogP contribution in [0.3, 0.4) is 0 Å². The summed E-state index contributed by atoms with van der Waals surface area (Å²) in [5.41, 5.74) is -3.15. The van der Waals surface area contributed by atoms with Gasteiger partial charge in [0.15, 0.2) is 18.9 Å². The molecule has 0 aromatic carbocycles. The van der Waals surface area contributed by atoms with Crippen LogP contribution in [-0.2, 0) is 38.0 Å². The van der Waals surface area contributed by atoms with E-state index in [2.05, 4.69) is 32.9 Å². The predicted octanol–water partition coefficient (Wildman–Crippen LogP) is -3.90. The summed E-state index contributed by atoms with van der Waals surface area (Å²) in [4.78, 5) is 13.9. The first kappa shape index (κ1) is 61.1. The lowest BCUT2D eigenvalue weighted by atomic mass is 9.35. The summed E-state index contributed by atoms with van der Waals surface area (Å²) in [5, 5.41) is 172. The van der Waals surface area contributed by atoms with Gasteiger partial charge in [-0.15, -0.1) is 0 Å². The predicted molar refractivity (Wildman–Crippen MR) is 262 cm³/mol. The number of carbonyl (C=O) groups is 1. The van der Waals surface area contributed by atoms with Gasteiger partial charge in [-0.1, -0.05) is 45.4 Å². The van der Waals surface area contributed by atoms with E-state index in [1.54, 1.807) is 6.92 Å². The average molecular weight is 1110 g/mol. The lowest BCUT2D eigenvalue weighted by Gasteiger charge is -2.70. The number of hydrogen-bond donors (Lipinski definition) is 16. The van der Waals surface area contributed by atoms with Gasteiger partial charge in [-0.05, 0) is 93.5 Å². The molecule has 3 saturated carbocycles. The molecule has 0 aromatic heterocycles. The van der Waals surface area contributed by atoms with Gasteiger partial charge in [0.25, 0.3) is 0 Å². The van der Waals surface area contributed by atoms with Gasteiger partial charge in [0, 0.05) is 16.2 Å². The van der Waals surface area contributed by atoms with E-state index in [-0.39, 0.29) is 44.3 Å². The number of rotatable bonds is 16. The molecule has 5 aliphatic carbocycles. The molecule has 0 spiro atoms. The number of aliphatic hydroxyl groups is 16. The van der Waals surface area contributed by atoms with Crippen molar-refractivity contribution in [1.29, 1.82) is 0 Å². The van der Waals surface area contributed by atoms with Crippen molar-refractivity contribution in [2.45, 2.75) is 216 Å². The zero-order valence-corrected chi connectivity index (χ0v) is 44.7. The third-order valence-corrected chi connectivity index (χ3v) is 20.6. The SMILES string of the molecule is C[C@H]1O[C@@H](O[C@H]2CC[C@@]3(C)[C@@H](CC[C@]4(C)[C@@H]3C=CC3=C5C[C@@](C)(C(=O)OC[C@H](O)[C@@H](O)[C@H](O)CO)CC[C@]5(CO)[C@H](O)C[C@]34C)[C@]2(C)CO)[C@H](O)[C@@H](O[C@@H]2O[C@H](CO)[C@@H](O)[C@H](O)[C@H]2O[C@H]2O[C@H](CO)[C@@H](O)[C@H](O)[C@H]2O)[C@H]1O. The van der Waals surface area contributed by atoms with Gasteiger partial charge in [0.2, 0.25) is 0 Å². The molecule has 6 fully saturated rings. The highest BCUT2D eigenvalue weighted by Crippen LogP contribution is 2.74. The summed E-state index contributed by atoms with van der Waals surface area (Å²) >= 11 is 0. The summed E-state index contributed by atoms with van der Waals surface area (Å²) in [7, 11) is 0. The number of esters is 1. The second-order valence-electron chi connectivity index (χ2n) is 24.9. The van der Waals surface area contributed by atoms with E-state index >= 15 is 0 Å². The van der Waals surface area contributed by atoms with Crippen molar-refractivity contribution >= 4 is 5.97 Å². The lowest BCUT2D eigenvalue weighted by Crippen LogP contribution is -2.67. The van der Waals surface area contributed by atoms with Crippen LogP contribution in [0.1, 0.15) is 92.9 Å². The van der Waals surface area contributed by atoms with Gasteiger partial charge in [-0.25, -0.2) is 0 Å². The number of hydrogen-bond acceptors (Lipinski definition) is 24. The molecule has 28 atom stereocenters. The first-order valence-corrected chi connectivity index (χ1v) is 27.2. The van der Waals surface area contributed by atoms with Crippen molar-refractivity contribution in [3.63, 3.8) is 0 Å². The zero-order chi connectivity index (χ0) is 56.7. The Bertz CT molecular complexity index is 2130. The fraction of sp³-hybridized carbons (Fsp3) is 0.906. The average Bonchev–Trinajstić information content (AvgIpc) is 3.57. The van der Waals surface area contributed by atoms with Gasteiger partial charge in [0.05, 0.1) is 56.8 Å². The van der Waals surface area contributed by atoms with Crippen molar-refractivity contribution < 1.29 is 120 Å². The molecule has 0 amide bonds. The molecular formula is C53H86O24. The number of carbonyl (C=O) groups excluding carboxylic acids is 1.